The van der Waals surface area contributed by atoms with Crippen molar-refractivity contribution in [2.24, 2.45) is 0 Å². The SMILES string of the molecule is CCS(=O)(=O)CCNCC(C)SC. The van der Waals surface area contributed by atoms with Crippen molar-refractivity contribution in [1.82, 2.24) is 5.32 Å². The van der Waals surface area contributed by atoms with Crippen LogP contribution in [0.5, 0.6) is 0 Å². The third-order valence-electron chi connectivity index (χ3n) is 1.86. The van der Waals surface area contributed by atoms with E-state index in [2.05, 4.69) is 18.5 Å². The maximum atomic E-state index is 11.1. The van der Waals surface area contributed by atoms with Crippen molar-refractivity contribution in [1.29, 1.82) is 0 Å². The molecule has 0 saturated heterocycles. The van der Waals surface area contributed by atoms with E-state index in [1.807, 2.05) is 0 Å². The summed E-state index contributed by atoms with van der Waals surface area (Å²) >= 11 is 1.78. The molecule has 0 aromatic rings. The number of thioether (sulfide) groups is 1. The van der Waals surface area contributed by atoms with Crippen molar-refractivity contribution in [2.75, 3.05) is 30.9 Å². The van der Waals surface area contributed by atoms with Crippen LogP contribution in [0.2, 0.25) is 0 Å². The molecule has 0 fully saturated rings. The molecule has 0 rings (SSSR count). The van der Waals surface area contributed by atoms with Crippen molar-refractivity contribution in [3.63, 3.8) is 0 Å². The molecule has 0 radical (unpaired) electrons. The van der Waals surface area contributed by atoms with Gasteiger partial charge in [-0.3, -0.25) is 0 Å². The lowest BCUT2D eigenvalue weighted by Gasteiger charge is -2.09. The van der Waals surface area contributed by atoms with Gasteiger partial charge in [0.15, 0.2) is 9.84 Å². The number of hydrogen-bond acceptors (Lipinski definition) is 4. The van der Waals surface area contributed by atoms with E-state index in [0.717, 1.165) is 6.54 Å². The summed E-state index contributed by atoms with van der Waals surface area (Å²) in [7, 11) is -2.79. The summed E-state index contributed by atoms with van der Waals surface area (Å²) in [4.78, 5) is 0. The normalized spacial score (nSPS) is 14.4. The van der Waals surface area contributed by atoms with Crippen LogP contribution in [-0.2, 0) is 9.84 Å². The second-order valence-corrected chi connectivity index (χ2v) is 6.74. The summed E-state index contributed by atoms with van der Waals surface area (Å²) in [5, 5.41) is 3.67. The Balaban J connectivity index is 3.47. The van der Waals surface area contributed by atoms with Crippen LogP contribution >= 0.6 is 11.8 Å². The first-order chi connectivity index (χ1) is 6.02. The molecular formula is C8H19NO2S2. The highest BCUT2D eigenvalue weighted by Gasteiger charge is 2.06. The quantitative estimate of drug-likeness (QED) is 0.650. The van der Waals surface area contributed by atoms with E-state index < -0.39 is 9.84 Å². The van der Waals surface area contributed by atoms with E-state index in [-0.39, 0.29) is 11.5 Å². The van der Waals surface area contributed by atoms with E-state index in [9.17, 15) is 8.42 Å². The molecule has 0 bridgehead atoms. The van der Waals surface area contributed by atoms with Crippen LogP contribution in [-0.4, -0.2) is 44.5 Å². The van der Waals surface area contributed by atoms with Gasteiger partial charge in [-0.25, -0.2) is 8.42 Å². The van der Waals surface area contributed by atoms with Crippen LogP contribution in [0.15, 0.2) is 0 Å². The third kappa shape index (κ3) is 7.34. The Morgan fingerprint density at radius 2 is 2.08 bits per heavy atom. The topological polar surface area (TPSA) is 46.2 Å². The number of nitrogens with one attached hydrogen (secondary N) is 1. The van der Waals surface area contributed by atoms with Crippen LogP contribution in [0.4, 0.5) is 0 Å². The Hall–Kier alpha value is 0.260. The Morgan fingerprint density at radius 1 is 1.46 bits per heavy atom. The summed E-state index contributed by atoms with van der Waals surface area (Å²) in [5.41, 5.74) is 0. The van der Waals surface area contributed by atoms with Gasteiger partial charge in [0.2, 0.25) is 0 Å². The number of sulfone groups is 1. The smallest absolute Gasteiger partial charge is 0.151 e. The first-order valence-corrected chi connectivity index (χ1v) is 7.56. The predicted octanol–water partition coefficient (Wildman–Crippen LogP) is 0.762. The zero-order valence-corrected chi connectivity index (χ0v) is 10.2. The fraction of sp³-hybridized carbons (Fsp3) is 1.00. The predicted molar refractivity (Wildman–Crippen MR) is 60.2 cm³/mol. The van der Waals surface area contributed by atoms with Crippen molar-refractivity contribution < 1.29 is 8.42 Å². The Labute approximate surface area is 85.6 Å². The van der Waals surface area contributed by atoms with Gasteiger partial charge in [0.1, 0.15) is 0 Å². The maximum absolute atomic E-state index is 11.1. The molecule has 0 aliphatic rings. The second-order valence-electron chi connectivity index (χ2n) is 2.99. The van der Waals surface area contributed by atoms with E-state index in [1.165, 1.54) is 0 Å². The van der Waals surface area contributed by atoms with Crippen LogP contribution in [0.1, 0.15) is 13.8 Å². The van der Waals surface area contributed by atoms with Crippen molar-refractivity contribution in [3.8, 4) is 0 Å². The Kier molecular flexibility index (Phi) is 6.81. The first-order valence-electron chi connectivity index (χ1n) is 4.45. The summed E-state index contributed by atoms with van der Waals surface area (Å²) in [6.45, 7) is 5.24. The van der Waals surface area contributed by atoms with Crippen LogP contribution in [0, 0.1) is 0 Å². The molecule has 0 saturated carbocycles. The van der Waals surface area contributed by atoms with E-state index in [1.54, 1.807) is 18.7 Å². The standard InChI is InChI=1S/C8H19NO2S2/c1-4-13(10,11)6-5-9-7-8(2)12-3/h8-9H,4-7H2,1-3H3. The van der Waals surface area contributed by atoms with Gasteiger partial charge in [0.25, 0.3) is 0 Å². The summed E-state index contributed by atoms with van der Waals surface area (Å²) in [6.07, 6.45) is 2.05. The van der Waals surface area contributed by atoms with E-state index in [0.29, 0.717) is 11.8 Å². The molecule has 13 heavy (non-hydrogen) atoms. The molecule has 0 aliphatic carbocycles. The lowest BCUT2D eigenvalue weighted by Crippen LogP contribution is -2.28. The monoisotopic (exact) mass is 225 g/mol. The minimum atomic E-state index is -2.79. The van der Waals surface area contributed by atoms with Gasteiger partial charge < -0.3 is 5.32 Å². The third-order valence-corrected chi connectivity index (χ3v) is 4.54. The van der Waals surface area contributed by atoms with Crippen LogP contribution < -0.4 is 5.32 Å². The second kappa shape index (κ2) is 6.68. The van der Waals surface area contributed by atoms with E-state index in [4.69, 9.17) is 0 Å². The summed E-state index contributed by atoms with van der Waals surface area (Å²) in [5.74, 6) is 0.497. The van der Waals surface area contributed by atoms with Crippen molar-refractivity contribution in [2.45, 2.75) is 19.1 Å². The largest absolute Gasteiger partial charge is 0.315 e. The zero-order valence-electron chi connectivity index (χ0n) is 8.54. The summed E-state index contributed by atoms with van der Waals surface area (Å²) < 4.78 is 22.1. The van der Waals surface area contributed by atoms with Gasteiger partial charge >= 0.3 is 0 Å². The van der Waals surface area contributed by atoms with Gasteiger partial charge in [-0.1, -0.05) is 13.8 Å². The van der Waals surface area contributed by atoms with Crippen LogP contribution in [0.25, 0.3) is 0 Å². The molecule has 0 aromatic carbocycles. The highest BCUT2D eigenvalue weighted by molar-refractivity contribution is 7.99. The highest BCUT2D eigenvalue weighted by atomic mass is 32.2. The minimum absolute atomic E-state index is 0.243. The van der Waals surface area contributed by atoms with Gasteiger partial charge in [0.05, 0.1) is 5.75 Å². The molecule has 1 N–H and O–H groups in total. The molecule has 1 atom stereocenters. The molecule has 0 spiro atoms. The van der Waals surface area contributed by atoms with Crippen molar-refractivity contribution >= 4 is 21.6 Å². The molecule has 0 aliphatic heterocycles. The van der Waals surface area contributed by atoms with E-state index >= 15 is 0 Å². The summed E-state index contributed by atoms with van der Waals surface area (Å²) in [6, 6.07) is 0. The van der Waals surface area contributed by atoms with Gasteiger partial charge in [0, 0.05) is 24.1 Å². The number of hydrogen-bond donors (Lipinski definition) is 1. The average molecular weight is 225 g/mol. The lowest BCUT2D eigenvalue weighted by molar-refractivity contribution is 0.592. The highest BCUT2D eigenvalue weighted by Crippen LogP contribution is 2.02. The fourth-order valence-electron chi connectivity index (χ4n) is 0.761. The average Bonchev–Trinajstić information content (AvgIpc) is 2.12. The fourth-order valence-corrected chi connectivity index (χ4v) is 1.79. The molecular weight excluding hydrogens is 206 g/mol. The maximum Gasteiger partial charge on any atom is 0.151 e. The minimum Gasteiger partial charge on any atom is -0.315 e. The lowest BCUT2D eigenvalue weighted by atomic mass is 10.5. The van der Waals surface area contributed by atoms with Gasteiger partial charge in [-0.2, -0.15) is 11.8 Å². The van der Waals surface area contributed by atoms with Gasteiger partial charge in [-0.15, -0.1) is 0 Å². The Bertz CT molecular complexity index is 214. The van der Waals surface area contributed by atoms with Gasteiger partial charge in [-0.05, 0) is 6.26 Å². The molecule has 0 heterocycles. The first kappa shape index (κ1) is 13.3. The molecule has 0 aromatic heterocycles. The molecule has 3 nitrogen and oxygen atoms in total. The Morgan fingerprint density at radius 3 is 2.54 bits per heavy atom. The molecule has 5 heteroatoms. The molecule has 0 amide bonds. The van der Waals surface area contributed by atoms with Crippen LogP contribution in [0.3, 0.4) is 0 Å². The molecule has 80 valence electrons. The molecule has 1 unspecified atom stereocenters. The number of rotatable bonds is 7. The zero-order chi connectivity index (χ0) is 10.3. The van der Waals surface area contributed by atoms with Crippen molar-refractivity contribution in [3.05, 3.63) is 0 Å².